The molecule has 1 heterocycles. The first-order valence-corrected chi connectivity index (χ1v) is 6.50. The van der Waals surface area contributed by atoms with E-state index >= 15 is 0 Å². The Morgan fingerprint density at radius 2 is 2.11 bits per heavy atom. The van der Waals surface area contributed by atoms with Gasteiger partial charge in [0.25, 0.3) is 0 Å². The third-order valence-corrected chi connectivity index (χ3v) is 2.77. The van der Waals surface area contributed by atoms with Gasteiger partial charge in [-0.05, 0) is 30.5 Å². The number of nitrogens with zero attached hydrogens (tertiary/aromatic N) is 2. The molecule has 0 aliphatic rings. The summed E-state index contributed by atoms with van der Waals surface area (Å²) >= 11 is 0. The number of anilines is 1. The van der Waals surface area contributed by atoms with Crippen molar-refractivity contribution in [3.8, 4) is 0 Å². The van der Waals surface area contributed by atoms with Crippen LogP contribution in [0.4, 0.5) is 5.82 Å². The van der Waals surface area contributed by atoms with Gasteiger partial charge in [0.1, 0.15) is 5.82 Å². The van der Waals surface area contributed by atoms with Crippen LogP contribution in [-0.2, 0) is 4.74 Å². The average Bonchev–Trinajstić information content (AvgIpc) is 2.34. The molecular formula is C14H25N3O. The highest BCUT2D eigenvalue weighted by Crippen LogP contribution is 2.17. The Kier molecular flexibility index (Phi) is 6.09. The highest BCUT2D eigenvalue weighted by Gasteiger charge is 2.11. The Labute approximate surface area is 110 Å². The van der Waals surface area contributed by atoms with Crippen molar-refractivity contribution < 1.29 is 4.74 Å². The maximum Gasteiger partial charge on any atom is 0.128 e. The van der Waals surface area contributed by atoms with E-state index in [9.17, 15) is 0 Å². The van der Waals surface area contributed by atoms with Gasteiger partial charge in [-0.15, -0.1) is 0 Å². The van der Waals surface area contributed by atoms with Gasteiger partial charge in [0, 0.05) is 32.4 Å². The molecule has 4 heteroatoms. The third-order valence-electron chi connectivity index (χ3n) is 2.77. The number of nitrogens with two attached hydrogens (primary N) is 1. The van der Waals surface area contributed by atoms with Crippen LogP contribution in [0.25, 0.3) is 0 Å². The molecule has 0 bridgehead atoms. The predicted molar refractivity (Wildman–Crippen MR) is 75.8 cm³/mol. The fourth-order valence-electron chi connectivity index (χ4n) is 1.83. The number of aromatic nitrogens is 1. The molecule has 102 valence electrons. The van der Waals surface area contributed by atoms with Crippen molar-refractivity contribution in [3.05, 3.63) is 23.9 Å². The van der Waals surface area contributed by atoms with Crippen LogP contribution in [0.1, 0.15) is 32.4 Å². The number of pyridine rings is 1. The van der Waals surface area contributed by atoms with Gasteiger partial charge in [-0.25, -0.2) is 4.98 Å². The quantitative estimate of drug-likeness (QED) is 0.807. The molecule has 0 fully saturated rings. The van der Waals surface area contributed by atoms with Gasteiger partial charge < -0.3 is 15.4 Å². The summed E-state index contributed by atoms with van der Waals surface area (Å²) in [6.07, 6.45) is 1.83. The second kappa shape index (κ2) is 7.34. The van der Waals surface area contributed by atoms with E-state index in [-0.39, 0.29) is 6.04 Å². The Morgan fingerprint density at radius 1 is 1.39 bits per heavy atom. The van der Waals surface area contributed by atoms with Crippen LogP contribution in [0.3, 0.4) is 0 Å². The lowest BCUT2D eigenvalue weighted by Crippen LogP contribution is -2.31. The van der Waals surface area contributed by atoms with E-state index in [0.717, 1.165) is 24.5 Å². The summed E-state index contributed by atoms with van der Waals surface area (Å²) < 4.78 is 5.16. The van der Waals surface area contributed by atoms with E-state index < -0.39 is 0 Å². The Morgan fingerprint density at radius 3 is 2.67 bits per heavy atom. The van der Waals surface area contributed by atoms with Crippen molar-refractivity contribution in [3.63, 3.8) is 0 Å². The molecule has 0 saturated carbocycles. The second-order valence-electron chi connectivity index (χ2n) is 5.07. The van der Waals surface area contributed by atoms with Crippen molar-refractivity contribution >= 4 is 5.82 Å². The fourth-order valence-corrected chi connectivity index (χ4v) is 1.83. The molecule has 0 saturated heterocycles. The lowest BCUT2D eigenvalue weighted by Gasteiger charge is -2.26. The molecule has 0 aliphatic heterocycles. The molecule has 0 aliphatic carbocycles. The molecule has 1 aromatic rings. The highest BCUT2D eigenvalue weighted by atomic mass is 16.5. The first-order valence-electron chi connectivity index (χ1n) is 6.50. The molecule has 1 atom stereocenters. The summed E-state index contributed by atoms with van der Waals surface area (Å²) in [7, 11) is 1.72. The van der Waals surface area contributed by atoms with Gasteiger partial charge in [-0.1, -0.05) is 13.8 Å². The number of hydrogen-bond acceptors (Lipinski definition) is 4. The largest absolute Gasteiger partial charge is 0.383 e. The minimum atomic E-state index is 0.0371. The van der Waals surface area contributed by atoms with E-state index in [2.05, 4.69) is 29.8 Å². The Bertz CT molecular complexity index is 353. The normalized spacial score (nSPS) is 12.8. The van der Waals surface area contributed by atoms with Crippen LogP contribution in [-0.4, -0.2) is 31.8 Å². The van der Waals surface area contributed by atoms with Crippen LogP contribution in [0.15, 0.2) is 18.3 Å². The summed E-state index contributed by atoms with van der Waals surface area (Å²) in [4.78, 5) is 6.69. The van der Waals surface area contributed by atoms with Crippen molar-refractivity contribution in [1.82, 2.24) is 4.98 Å². The monoisotopic (exact) mass is 251 g/mol. The van der Waals surface area contributed by atoms with Gasteiger partial charge >= 0.3 is 0 Å². The molecule has 1 rings (SSSR count). The van der Waals surface area contributed by atoms with Crippen molar-refractivity contribution in [2.24, 2.45) is 11.7 Å². The third kappa shape index (κ3) is 4.63. The first kappa shape index (κ1) is 14.9. The number of rotatable bonds is 7. The summed E-state index contributed by atoms with van der Waals surface area (Å²) in [6, 6.07) is 4.08. The summed E-state index contributed by atoms with van der Waals surface area (Å²) in [5.41, 5.74) is 7.03. The second-order valence-corrected chi connectivity index (χ2v) is 5.07. The van der Waals surface area contributed by atoms with Crippen molar-refractivity contribution in [1.29, 1.82) is 0 Å². The van der Waals surface area contributed by atoms with E-state index in [0.29, 0.717) is 12.5 Å². The van der Waals surface area contributed by atoms with E-state index in [1.165, 1.54) is 0 Å². The molecular weight excluding hydrogens is 226 g/mol. The van der Waals surface area contributed by atoms with Crippen molar-refractivity contribution in [2.75, 3.05) is 31.7 Å². The maximum atomic E-state index is 5.91. The van der Waals surface area contributed by atoms with Crippen LogP contribution >= 0.6 is 0 Å². The van der Waals surface area contributed by atoms with Crippen LogP contribution in [0.5, 0.6) is 0 Å². The van der Waals surface area contributed by atoms with E-state index in [1.807, 2.05) is 19.2 Å². The number of ether oxygens (including phenoxy) is 1. The van der Waals surface area contributed by atoms with Gasteiger partial charge in [-0.3, -0.25) is 0 Å². The summed E-state index contributed by atoms with van der Waals surface area (Å²) in [5, 5.41) is 0. The summed E-state index contributed by atoms with van der Waals surface area (Å²) in [5.74, 6) is 1.57. The zero-order valence-electron chi connectivity index (χ0n) is 11.9. The van der Waals surface area contributed by atoms with Crippen LogP contribution < -0.4 is 10.6 Å². The molecule has 2 N–H and O–H groups in total. The zero-order valence-corrected chi connectivity index (χ0v) is 11.9. The minimum Gasteiger partial charge on any atom is -0.383 e. The first-order chi connectivity index (χ1) is 8.54. The smallest absolute Gasteiger partial charge is 0.128 e. The van der Waals surface area contributed by atoms with E-state index in [4.69, 9.17) is 10.5 Å². The molecule has 0 unspecified atom stereocenters. The number of methoxy groups -OCH3 is 1. The molecule has 0 amide bonds. The lowest BCUT2D eigenvalue weighted by atomic mass is 10.1. The molecule has 0 aromatic carbocycles. The van der Waals surface area contributed by atoms with Crippen LogP contribution in [0, 0.1) is 5.92 Å². The maximum absolute atomic E-state index is 5.91. The fraction of sp³-hybridized carbons (Fsp3) is 0.643. The predicted octanol–water partition coefficient (Wildman–Crippen LogP) is 2.21. The Balaban J connectivity index is 2.85. The topological polar surface area (TPSA) is 51.4 Å². The Hall–Kier alpha value is -1.13. The lowest BCUT2D eigenvalue weighted by molar-refractivity contribution is 0.204. The van der Waals surface area contributed by atoms with Crippen molar-refractivity contribution in [2.45, 2.75) is 26.8 Å². The average molecular weight is 251 g/mol. The molecule has 0 radical (unpaired) electrons. The molecule has 18 heavy (non-hydrogen) atoms. The SMILES string of the molecule is COCCN(CC(C)C)c1cc([C@@H](C)N)ccn1. The molecule has 0 spiro atoms. The molecule has 1 aromatic heterocycles. The highest BCUT2D eigenvalue weighted by molar-refractivity contribution is 5.41. The molecule has 4 nitrogen and oxygen atoms in total. The van der Waals surface area contributed by atoms with Gasteiger partial charge in [0.05, 0.1) is 6.61 Å². The van der Waals surface area contributed by atoms with E-state index in [1.54, 1.807) is 7.11 Å². The summed E-state index contributed by atoms with van der Waals surface area (Å²) in [6.45, 7) is 8.92. The minimum absolute atomic E-state index is 0.0371. The standard InChI is InChI=1S/C14H25N3O/c1-11(2)10-17(7-8-18-4)14-9-13(12(3)15)5-6-16-14/h5-6,9,11-12H,7-8,10,15H2,1-4H3/t12-/m1/s1. The van der Waals surface area contributed by atoms with Gasteiger partial charge in [-0.2, -0.15) is 0 Å². The van der Waals surface area contributed by atoms with Gasteiger partial charge in [0.15, 0.2) is 0 Å². The van der Waals surface area contributed by atoms with Crippen LogP contribution in [0.2, 0.25) is 0 Å². The zero-order chi connectivity index (χ0) is 13.5. The number of hydrogen-bond donors (Lipinski definition) is 1. The van der Waals surface area contributed by atoms with Gasteiger partial charge in [0.2, 0.25) is 0 Å².